The Morgan fingerprint density at radius 1 is 1.33 bits per heavy atom. The van der Waals surface area contributed by atoms with E-state index < -0.39 is 6.10 Å². The predicted octanol–water partition coefficient (Wildman–Crippen LogP) is 0.124. The summed E-state index contributed by atoms with van der Waals surface area (Å²) in [5.74, 6) is 0.741. The van der Waals surface area contributed by atoms with Gasteiger partial charge in [0.05, 0.1) is 31.6 Å². The maximum Gasteiger partial charge on any atom is 0.185 e. The van der Waals surface area contributed by atoms with Crippen LogP contribution in [0.3, 0.4) is 0 Å². The van der Waals surface area contributed by atoms with Gasteiger partial charge >= 0.3 is 0 Å². The second-order valence-corrected chi connectivity index (χ2v) is 4.43. The molecule has 0 saturated carbocycles. The Hall–Kier alpha value is -2.43. The summed E-state index contributed by atoms with van der Waals surface area (Å²) in [7, 11) is 0. The molecule has 0 amide bonds. The van der Waals surface area contributed by atoms with Crippen LogP contribution in [-0.4, -0.2) is 44.5 Å². The van der Waals surface area contributed by atoms with Crippen molar-refractivity contribution in [3.63, 3.8) is 0 Å². The van der Waals surface area contributed by atoms with Gasteiger partial charge in [-0.25, -0.2) is 4.68 Å². The molecule has 2 aromatic rings. The Morgan fingerprint density at radius 3 is 2.76 bits per heavy atom. The molecule has 7 nitrogen and oxygen atoms in total. The number of aromatic nitrogens is 3. The Balaban J connectivity index is 2.01. The maximum absolute atomic E-state index is 9.47. The van der Waals surface area contributed by atoms with E-state index in [0.717, 1.165) is 5.75 Å². The van der Waals surface area contributed by atoms with Crippen molar-refractivity contribution in [3.05, 3.63) is 41.7 Å². The van der Waals surface area contributed by atoms with Crippen molar-refractivity contribution in [2.24, 2.45) is 0 Å². The summed E-state index contributed by atoms with van der Waals surface area (Å²) in [5, 5.41) is 34.9. The summed E-state index contributed by atoms with van der Waals surface area (Å²) < 4.78 is 7.00. The second-order valence-electron chi connectivity index (χ2n) is 4.43. The van der Waals surface area contributed by atoms with Crippen LogP contribution >= 0.6 is 0 Å². The van der Waals surface area contributed by atoms with E-state index in [1.165, 1.54) is 4.68 Å². The molecule has 1 heterocycles. The smallest absolute Gasteiger partial charge is 0.185 e. The van der Waals surface area contributed by atoms with E-state index in [9.17, 15) is 5.11 Å². The van der Waals surface area contributed by atoms with E-state index in [1.54, 1.807) is 0 Å². The van der Waals surface area contributed by atoms with E-state index >= 15 is 0 Å². The first-order valence-corrected chi connectivity index (χ1v) is 6.54. The highest BCUT2D eigenvalue weighted by Crippen LogP contribution is 2.11. The molecule has 21 heavy (non-hydrogen) atoms. The molecular weight excluding hydrogens is 272 g/mol. The summed E-state index contributed by atoms with van der Waals surface area (Å²) in [6.45, 7) is 0.0782. The molecule has 0 bridgehead atoms. The fourth-order valence-electron chi connectivity index (χ4n) is 1.85. The minimum absolute atomic E-state index is 0.0891. The SMILES string of the molecule is N#Cc1nnn(CC(O)CO)c1CCOc1ccccc1. The lowest BCUT2D eigenvalue weighted by molar-refractivity contribution is 0.0769. The number of aliphatic hydroxyl groups excluding tert-OH is 2. The Kier molecular flexibility index (Phi) is 5.26. The minimum Gasteiger partial charge on any atom is -0.493 e. The Bertz CT molecular complexity index is 606. The second kappa shape index (κ2) is 7.38. The van der Waals surface area contributed by atoms with Gasteiger partial charge in [-0.3, -0.25) is 0 Å². The van der Waals surface area contributed by atoms with Gasteiger partial charge in [0.2, 0.25) is 0 Å². The van der Waals surface area contributed by atoms with E-state index in [4.69, 9.17) is 15.1 Å². The fraction of sp³-hybridized carbons (Fsp3) is 0.357. The number of rotatable bonds is 7. The third kappa shape index (κ3) is 4.02. The zero-order valence-electron chi connectivity index (χ0n) is 11.4. The third-order valence-corrected chi connectivity index (χ3v) is 2.89. The van der Waals surface area contributed by atoms with Gasteiger partial charge in [-0.05, 0) is 12.1 Å². The van der Waals surface area contributed by atoms with Crippen LogP contribution in [0.2, 0.25) is 0 Å². The quantitative estimate of drug-likeness (QED) is 0.750. The number of nitriles is 1. The molecule has 0 fully saturated rings. The van der Waals surface area contributed by atoms with Gasteiger partial charge in [0.25, 0.3) is 0 Å². The molecule has 0 radical (unpaired) electrons. The first kappa shape index (κ1) is 15.0. The molecule has 110 valence electrons. The first-order valence-electron chi connectivity index (χ1n) is 6.54. The van der Waals surface area contributed by atoms with Crippen LogP contribution in [0.1, 0.15) is 11.4 Å². The first-order chi connectivity index (χ1) is 10.2. The highest BCUT2D eigenvalue weighted by molar-refractivity contribution is 5.25. The van der Waals surface area contributed by atoms with E-state index in [1.807, 2.05) is 36.4 Å². The third-order valence-electron chi connectivity index (χ3n) is 2.89. The van der Waals surface area contributed by atoms with Gasteiger partial charge in [0.1, 0.15) is 11.8 Å². The maximum atomic E-state index is 9.47. The summed E-state index contributed by atoms with van der Waals surface area (Å²) in [4.78, 5) is 0. The topological polar surface area (TPSA) is 104 Å². The zero-order chi connectivity index (χ0) is 15.1. The van der Waals surface area contributed by atoms with Crippen LogP contribution in [0, 0.1) is 11.3 Å². The molecule has 2 N–H and O–H groups in total. The molecule has 1 aromatic carbocycles. The predicted molar refractivity (Wildman–Crippen MR) is 73.5 cm³/mol. The number of hydrogen-bond donors (Lipinski definition) is 2. The summed E-state index contributed by atoms with van der Waals surface area (Å²) in [6.07, 6.45) is -0.504. The molecule has 1 atom stereocenters. The van der Waals surface area contributed by atoms with E-state index in [2.05, 4.69) is 10.3 Å². The monoisotopic (exact) mass is 288 g/mol. The Morgan fingerprint density at radius 2 is 2.10 bits per heavy atom. The zero-order valence-corrected chi connectivity index (χ0v) is 11.4. The van der Waals surface area contributed by atoms with Crippen LogP contribution in [0.15, 0.2) is 30.3 Å². The molecule has 0 aliphatic heterocycles. The largest absolute Gasteiger partial charge is 0.493 e. The average Bonchev–Trinajstić information content (AvgIpc) is 2.90. The molecule has 1 aromatic heterocycles. The standard InChI is InChI=1S/C14H16N4O3/c15-8-13-14(18(17-16-13)9-11(20)10-19)6-7-21-12-4-2-1-3-5-12/h1-5,11,19-20H,6-7,9-10H2. The van der Waals surface area contributed by atoms with Crippen LogP contribution < -0.4 is 4.74 Å². The molecule has 0 saturated heterocycles. The fourth-order valence-corrected chi connectivity index (χ4v) is 1.85. The van der Waals surface area contributed by atoms with Crippen LogP contribution in [0.25, 0.3) is 0 Å². The summed E-state index contributed by atoms with van der Waals surface area (Å²) >= 11 is 0. The molecule has 1 unspecified atom stereocenters. The van der Waals surface area contributed by atoms with Gasteiger partial charge < -0.3 is 14.9 Å². The van der Waals surface area contributed by atoms with Crippen LogP contribution in [0.5, 0.6) is 5.75 Å². The van der Waals surface area contributed by atoms with Crippen molar-refractivity contribution in [2.75, 3.05) is 13.2 Å². The molecule has 0 aliphatic carbocycles. The molecule has 2 rings (SSSR count). The number of nitrogens with zero attached hydrogens (tertiary/aromatic N) is 4. The summed E-state index contributed by atoms with van der Waals surface area (Å²) in [6, 6.07) is 11.3. The van der Waals surface area contributed by atoms with Gasteiger partial charge in [0.15, 0.2) is 5.69 Å². The van der Waals surface area contributed by atoms with Gasteiger partial charge in [-0.15, -0.1) is 5.10 Å². The highest BCUT2D eigenvalue weighted by atomic mass is 16.5. The molecule has 0 spiro atoms. The van der Waals surface area contributed by atoms with Crippen molar-refractivity contribution < 1.29 is 14.9 Å². The lowest BCUT2D eigenvalue weighted by atomic mass is 10.2. The van der Waals surface area contributed by atoms with Crippen LogP contribution in [-0.2, 0) is 13.0 Å². The lowest BCUT2D eigenvalue weighted by Gasteiger charge is -2.10. The van der Waals surface area contributed by atoms with Gasteiger partial charge in [0, 0.05) is 6.42 Å². The normalized spacial score (nSPS) is 11.9. The van der Waals surface area contributed by atoms with Crippen molar-refractivity contribution in [1.82, 2.24) is 15.0 Å². The average molecular weight is 288 g/mol. The van der Waals surface area contributed by atoms with Crippen LogP contribution in [0.4, 0.5) is 0 Å². The van der Waals surface area contributed by atoms with Gasteiger partial charge in [-0.1, -0.05) is 23.4 Å². The van der Waals surface area contributed by atoms with Crippen molar-refractivity contribution in [2.45, 2.75) is 19.1 Å². The summed E-state index contributed by atoms with van der Waals surface area (Å²) in [5.41, 5.74) is 0.790. The lowest BCUT2D eigenvalue weighted by Crippen LogP contribution is -2.22. The minimum atomic E-state index is -0.938. The van der Waals surface area contributed by atoms with Crippen molar-refractivity contribution in [1.29, 1.82) is 5.26 Å². The van der Waals surface area contributed by atoms with E-state index in [0.29, 0.717) is 18.7 Å². The van der Waals surface area contributed by atoms with E-state index in [-0.39, 0.29) is 18.8 Å². The molecular formula is C14H16N4O3. The highest BCUT2D eigenvalue weighted by Gasteiger charge is 2.15. The Labute approximate surface area is 122 Å². The van der Waals surface area contributed by atoms with Crippen molar-refractivity contribution in [3.8, 4) is 11.8 Å². The van der Waals surface area contributed by atoms with Gasteiger partial charge in [-0.2, -0.15) is 5.26 Å². The molecule has 7 heteroatoms. The number of para-hydroxylation sites is 1. The number of benzene rings is 1. The molecule has 0 aliphatic rings. The number of ether oxygens (including phenoxy) is 1. The number of hydrogen-bond acceptors (Lipinski definition) is 6. The number of aliphatic hydroxyl groups is 2. The van der Waals surface area contributed by atoms with Crippen molar-refractivity contribution >= 4 is 0 Å².